The maximum Gasteiger partial charge on any atom is 0.394 e. The number of hydrogen-bond donors (Lipinski definition) is 1. The first-order valence-corrected chi connectivity index (χ1v) is 10.4. The molecular weight excluding hydrogens is 447 g/mol. The predicted molar refractivity (Wildman–Crippen MR) is 114 cm³/mol. The minimum Gasteiger partial charge on any atom is -0.325 e. The molecule has 0 unspecified atom stereocenters. The van der Waals surface area contributed by atoms with Crippen LogP contribution in [0.5, 0.6) is 0 Å². The van der Waals surface area contributed by atoms with E-state index in [2.05, 4.69) is 10.3 Å². The molecule has 0 radical (unpaired) electrons. The van der Waals surface area contributed by atoms with Crippen LogP contribution in [-0.4, -0.2) is 27.4 Å². The Labute approximate surface area is 187 Å². The van der Waals surface area contributed by atoms with Gasteiger partial charge in [-0.15, -0.1) is 0 Å². The molecule has 0 saturated heterocycles. The highest BCUT2D eigenvalue weighted by Crippen LogP contribution is 2.40. The van der Waals surface area contributed by atoms with Crippen LogP contribution in [-0.2, 0) is 16.1 Å². The molecule has 2 aromatic rings. The number of aryl methyl sites for hydroxylation is 1. The molecule has 6 nitrogen and oxygen atoms in total. The van der Waals surface area contributed by atoms with Gasteiger partial charge < -0.3 is 5.32 Å². The number of Topliss-reactive ketones (excluding diaryl/α,β-unsaturated/α-hetero) is 1. The fraction of sp³-hybridized carbons (Fsp3) is 0.455. The Hall–Kier alpha value is -2.68. The van der Waals surface area contributed by atoms with E-state index < -0.39 is 35.9 Å². The molecule has 1 aliphatic rings. The van der Waals surface area contributed by atoms with Crippen molar-refractivity contribution in [3.63, 3.8) is 0 Å². The van der Waals surface area contributed by atoms with E-state index in [0.29, 0.717) is 16.3 Å². The molecule has 10 heteroatoms. The van der Waals surface area contributed by atoms with Crippen LogP contribution < -0.4 is 10.9 Å². The summed E-state index contributed by atoms with van der Waals surface area (Å²) in [7, 11) is 0. The molecule has 0 atom stereocenters. The summed E-state index contributed by atoms with van der Waals surface area (Å²) in [5.74, 6) is -0.746. The fourth-order valence-corrected chi connectivity index (χ4v) is 3.37. The highest BCUT2D eigenvalue weighted by Gasteiger charge is 2.48. The molecule has 1 amide bonds. The summed E-state index contributed by atoms with van der Waals surface area (Å²) < 4.78 is 40.2. The third-order valence-corrected chi connectivity index (χ3v) is 5.64. The molecular formula is C22H23ClF3N3O3. The van der Waals surface area contributed by atoms with Crippen molar-refractivity contribution >= 4 is 29.0 Å². The SMILES string of the molecule is Cc1nc(-c2ccc(Cl)cc2NC(=O)C2CC2)cc(=O)n1CC(=O)CC(C)(C)C(F)(F)F. The van der Waals surface area contributed by atoms with Crippen LogP contribution in [0.1, 0.15) is 38.9 Å². The van der Waals surface area contributed by atoms with E-state index >= 15 is 0 Å². The van der Waals surface area contributed by atoms with Gasteiger partial charge >= 0.3 is 6.18 Å². The first-order valence-electron chi connectivity index (χ1n) is 10.1. The first kappa shape index (κ1) is 24.0. The Balaban J connectivity index is 1.87. The van der Waals surface area contributed by atoms with E-state index in [1.165, 1.54) is 13.0 Å². The zero-order chi connectivity index (χ0) is 23.8. The van der Waals surface area contributed by atoms with Crippen LogP contribution in [0.2, 0.25) is 5.02 Å². The van der Waals surface area contributed by atoms with Crippen molar-refractivity contribution in [2.24, 2.45) is 11.3 Å². The fourth-order valence-electron chi connectivity index (χ4n) is 3.20. The standard InChI is InChI=1S/C22H23ClF3N3O3/c1-12-27-18(16-7-6-14(23)8-17(16)28-20(32)13-4-5-13)9-19(31)29(12)11-15(30)10-21(2,3)22(24,25)26/h6-9,13H,4-5,10-11H2,1-3H3,(H,28,32). The average molecular weight is 470 g/mol. The van der Waals surface area contributed by atoms with Crippen LogP contribution in [0.3, 0.4) is 0 Å². The molecule has 0 spiro atoms. The highest BCUT2D eigenvalue weighted by molar-refractivity contribution is 6.31. The van der Waals surface area contributed by atoms with Crippen molar-refractivity contribution in [2.45, 2.75) is 52.8 Å². The second kappa shape index (κ2) is 8.69. The number of rotatable bonds is 7. The topological polar surface area (TPSA) is 81.1 Å². The Morgan fingerprint density at radius 1 is 1.22 bits per heavy atom. The lowest BCUT2D eigenvalue weighted by molar-refractivity contribution is -0.213. The summed E-state index contributed by atoms with van der Waals surface area (Å²) in [5, 5.41) is 3.20. The van der Waals surface area contributed by atoms with Gasteiger partial charge in [0, 0.05) is 29.0 Å². The number of benzene rings is 1. The van der Waals surface area contributed by atoms with Crippen molar-refractivity contribution in [1.29, 1.82) is 0 Å². The van der Waals surface area contributed by atoms with Crippen LogP contribution >= 0.6 is 11.6 Å². The van der Waals surface area contributed by atoms with E-state index in [-0.39, 0.29) is 23.3 Å². The number of aromatic nitrogens is 2. The first-order chi connectivity index (χ1) is 14.8. The van der Waals surface area contributed by atoms with Gasteiger partial charge in [0.2, 0.25) is 5.91 Å². The third-order valence-electron chi connectivity index (χ3n) is 5.40. The molecule has 0 bridgehead atoms. The summed E-state index contributed by atoms with van der Waals surface area (Å²) in [6.07, 6.45) is -3.66. The van der Waals surface area contributed by atoms with Gasteiger partial charge in [0.15, 0.2) is 5.78 Å². The van der Waals surface area contributed by atoms with Crippen molar-refractivity contribution in [3.8, 4) is 11.3 Å². The maximum atomic E-state index is 13.1. The number of alkyl halides is 3. The summed E-state index contributed by atoms with van der Waals surface area (Å²) in [4.78, 5) is 41.5. The Morgan fingerprint density at radius 3 is 2.44 bits per heavy atom. The summed E-state index contributed by atoms with van der Waals surface area (Å²) in [5.41, 5.74) is -1.65. The Bertz CT molecular complexity index is 1120. The number of carbonyl (C=O) groups excluding carboxylic acids is 2. The predicted octanol–water partition coefficient (Wildman–Crippen LogP) is 4.77. The zero-order valence-electron chi connectivity index (χ0n) is 17.8. The molecule has 1 saturated carbocycles. The van der Waals surface area contributed by atoms with E-state index in [1.54, 1.807) is 18.2 Å². The van der Waals surface area contributed by atoms with Gasteiger partial charge in [-0.05, 0) is 38.0 Å². The van der Waals surface area contributed by atoms with Crippen LogP contribution in [0.4, 0.5) is 18.9 Å². The van der Waals surface area contributed by atoms with Crippen LogP contribution in [0.15, 0.2) is 29.1 Å². The maximum absolute atomic E-state index is 13.1. The average Bonchev–Trinajstić information content (AvgIpc) is 3.48. The van der Waals surface area contributed by atoms with E-state index in [4.69, 9.17) is 11.6 Å². The van der Waals surface area contributed by atoms with Crippen LogP contribution in [0.25, 0.3) is 11.3 Å². The second-order valence-corrected chi connectivity index (χ2v) is 9.10. The molecule has 1 aromatic carbocycles. The molecule has 1 heterocycles. The smallest absolute Gasteiger partial charge is 0.325 e. The van der Waals surface area contributed by atoms with Gasteiger partial charge in [-0.25, -0.2) is 4.98 Å². The summed E-state index contributed by atoms with van der Waals surface area (Å²) >= 11 is 6.06. The number of anilines is 1. The van der Waals surface area contributed by atoms with Crippen LogP contribution in [0, 0.1) is 18.3 Å². The Kier molecular flexibility index (Phi) is 6.51. The molecule has 32 heavy (non-hydrogen) atoms. The van der Waals surface area contributed by atoms with Gasteiger partial charge in [0.05, 0.1) is 23.3 Å². The van der Waals surface area contributed by atoms with E-state index in [9.17, 15) is 27.6 Å². The minimum absolute atomic E-state index is 0.0449. The largest absolute Gasteiger partial charge is 0.394 e. The molecule has 1 aliphatic carbocycles. The zero-order valence-corrected chi connectivity index (χ0v) is 18.6. The number of hydrogen-bond acceptors (Lipinski definition) is 4. The lowest BCUT2D eigenvalue weighted by Crippen LogP contribution is -2.36. The third kappa shape index (κ3) is 5.38. The Morgan fingerprint density at radius 2 is 1.88 bits per heavy atom. The summed E-state index contributed by atoms with van der Waals surface area (Å²) in [6.45, 7) is 2.87. The van der Waals surface area contributed by atoms with Gasteiger partial charge in [-0.2, -0.15) is 13.2 Å². The second-order valence-electron chi connectivity index (χ2n) is 8.66. The van der Waals surface area contributed by atoms with Gasteiger partial charge in [-0.3, -0.25) is 19.0 Å². The number of amides is 1. The molecule has 172 valence electrons. The molecule has 1 aromatic heterocycles. The lowest BCUT2D eigenvalue weighted by Gasteiger charge is -2.27. The van der Waals surface area contributed by atoms with E-state index in [0.717, 1.165) is 31.3 Å². The van der Waals surface area contributed by atoms with Crippen molar-refractivity contribution in [2.75, 3.05) is 5.32 Å². The molecule has 1 fully saturated rings. The number of nitrogens with one attached hydrogen (secondary N) is 1. The van der Waals surface area contributed by atoms with Crippen molar-refractivity contribution in [1.82, 2.24) is 9.55 Å². The van der Waals surface area contributed by atoms with Crippen molar-refractivity contribution in [3.05, 3.63) is 45.5 Å². The number of nitrogens with zero attached hydrogens (tertiary/aromatic N) is 2. The van der Waals surface area contributed by atoms with Crippen molar-refractivity contribution < 1.29 is 22.8 Å². The minimum atomic E-state index is -4.54. The molecule has 3 rings (SSSR count). The summed E-state index contributed by atoms with van der Waals surface area (Å²) in [6, 6.07) is 5.95. The van der Waals surface area contributed by atoms with Gasteiger partial charge in [-0.1, -0.05) is 25.4 Å². The monoisotopic (exact) mass is 469 g/mol. The number of carbonyl (C=O) groups is 2. The molecule has 1 N–H and O–H groups in total. The molecule has 0 aliphatic heterocycles. The van der Waals surface area contributed by atoms with Gasteiger partial charge in [0.1, 0.15) is 5.82 Å². The normalized spacial score (nSPS) is 14.3. The number of halogens is 4. The highest BCUT2D eigenvalue weighted by atomic mass is 35.5. The quantitative estimate of drug-likeness (QED) is 0.633. The van der Waals surface area contributed by atoms with Gasteiger partial charge in [0.25, 0.3) is 5.56 Å². The number of ketones is 1. The lowest BCUT2D eigenvalue weighted by atomic mass is 9.86. The van der Waals surface area contributed by atoms with E-state index in [1.807, 2.05) is 0 Å².